The molecule has 11 heteroatoms. The van der Waals surface area contributed by atoms with Crippen molar-refractivity contribution in [3.05, 3.63) is 65.5 Å². The topological polar surface area (TPSA) is 127 Å². The molecule has 1 saturated heterocycles. The first-order valence-electron chi connectivity index (χ1n) is 10.6. The number of primary amides is 1. The van der Waals surface area contributed by atoms with Crippen LogP contribution < -0.4 is 5.73 Å². The fraction of sp³-hybridized carbons (Fsp3) is 0.348. The predicted molar refractivity (Wildman–Crippen MR) is 120 cm³/mol. The lowest BCUT2D eigenvalue weighted by Gasteiger charge is -2.34. The van der Waals surface area contributed by atoms with E-state index in [4.69, 9.17) is 5.73 Å². The molecule has 1 unspecified atom stereocenters. The molecular weight excluding hydrogens is 465 g/mol. The summed E-state index contributed by atoms with van der Waals surface area (Å²) in [6, 6.07) is 9.91. The summed E-state index contributed by atoms with van der Waals surface area (Å²) in [7, 11) is -1.42. The van der Waals surface area contributed by atoms with Crippen molar-refractivity contribution in [3.63, 3.8) is 0 Å². The van der Waals surface area contributed by atoms with Crippen LogP contribution in [0.15, 0.2) is 53.4 Å². The molecule has 182 valence electrons. The highest BCUT2D eigenvalue weighted by Gasteiger charge is 2.37. The summed E-state index contributed by atoms with van der Waals surface area (Å²) in [5.74, 6) is -3.07. The van der Waals surface area contributed by atoms with Crippen LogP contribution in [-0.4, -0.2) is 62.7 Å². The Morgan fingerprint density at radius 3 is 2.35 bits per heavy atom. The molecule has 1 aliphatic heterocycles. The minimum atomic E-state index is -4.00. The van der Waals surface area contributed by atoms with Gasteiger partial charge in [-0.15, -0.1) is 0 Å². The van der Waals surface area contributed by atoms with E-state index in [-0.39, 0.29) is 47.9 Å². The van der Waals surface area contributed by atoms with Gasteiger partial charge in [0.15, 0.2) is 0 Å². The Labute approximate surface area is 197 Å². The van der Waals surface area contributed by atoms with Gasteiger partial charge in [-0.3, -0.25) is 9.59 Å². The Bertz CT molecular complexity index is 1190. The van der Waals surface area contributed by atoms with Crippen LogP contribution in [-0.2, 0) is 24.3 Å². The normalized spacial score (nSPS) is 16.0. The van der Waals surface area contributed by atoms with Crippen molar-refractivity contribution in [1.29, 1.82) is 0 Å². The van der Waals surface area contributed by atoms with Crippen LogP contribution in [0, 0.1) is 11.7 Å². The van der Waals surface area contributed by atoms with Crippen LogP contribution in [0.25, 0.3) is 0 Å². The maximum absolute atomic E-state index is 13.7. The van der Waals surface area contributed by atoms with Crippen LogP contribution >= 0.6 is 0 Å². The summed E-state index contributed by atoms with van der Waals surface area (Å²) in [5.41, 5.74) is 5.69. The smallest absolute Gasteiger partial charge is 0.339 e. The zero-order chi connectivity index (χ0) is 25.0. The first-order chi connectivity index (χ1) is 16.1. The first kappa shape index (κ1) is 25.3. The summed E-state index contributed by atoms with van der Waals surface area (Å²) in [6.45, 7) is 0.0899. The molecule has 1 atom stereocenters. The highest BCUT2D eigenvalue weighted by atomic mass is 32.2. The van der Waals surface area contributed by atoms with Crippen molar-refractivity contribution in [2.75, 3.05) is 27.2 Å². The van der Waals surface area contributed by atoms with Gasteiger partial charge in [0.2, 0.25) is 21.8 Å². The Morgan fingerprint density at radius 2 is 1.76 bits per heavy atom. The van der Waals surface area contributed by atoms with Gasteiger partial charge in [0.1, 0.15) is 11.9 Å². The van der Waals surface area contributed by atoms with E-state index in [9.17, 15) is 27.2 Å². The number of sulfonamides is 1. The van der Waals surface area contributed by atoms with E-state index in [0.717, 1.165) is 6.07 Å². The molecule has 9 nitrogen and oxygen atoms in total. The average Bonchev–Trinajstić information content (AvgIpc) is 2.83. The number of halogens is 1. The molecule has 2 N–H and O–H groups in total. The van der Waals surface area contributed by atoms with Crippen LogP contribution in [0.4, 0.5) is 4.39 Å². The molecule has 0 radical (unpaired) electrons. The predicted octanol–water partition coefficient (Wildman–Crippen LogP) is 1.70. The van der Waals surface area contributed by atoms with Gasteiger partial charge in [-0.05, 0) is 42.7 Å². The number of piperidine rings is 1. The molecular formula is C23H26FN3O6S. The highest BCUT2D eigenvalue weighted by molar-refractivity contribution is 7.89. The van der Waals surface area contributed by atoms with Crippen molar-refractivity contribution in [2.45, 2.75) is 23.8 Å². The zero-order valence-corrected chi connectivity index (χ0v) is 19.6. The number of benzene rings is 2. The second-order valence-electron chi connectivity index (χ2n) is 7.98. The molecule has 2 aromatic rings. The van der Waals surface area contributed by atoms with E-state index in [0.29, 0.717) is 0 Å². The third-order valence-electron chi connectivity index (χ3n) is 5.88. The van der Waals surface area contributed by atoms with E-state index in [1.165, 1.54) is 59.8 Å². The highest BCUT2D eigenvalue weighted by Crippen LogP contribution is 2.29. The zero-order valence-electron chi connectivity index (χ0n) is 18.8. The molecule has 1 aliphatic rings. The van der Waals surface area contributed by atoms with Crippen LogP contribution in [0.3, 0.4) is 0 Å². The molecule has 0 aromatic heterocycles. The van der Waals surface area contributed by atoms with Gasteiger partial charge in [0, 0.05) is 26.1 Å². The Hall–Kier alpha value is -3.31. The second-order valence-corrected chi connectivity index (χ2v) is 9.88. The van der Waals surface area contributed by atoms with Gasteiger partial charge < -0.3 is 15.4 Å². The summed E-state index contributed by atoms with van der Waals surface area (Å²) in [6.07, 6.45) is 0.412. The number of rotatable bonds is 7. The lowest BCUT2D eigenvalue weighted by molar-refractivity contribution is -0.142. The van der Waals surface area contributed by atoms with Crippen LogP contribution in [0.2, 0.25) is 0 Å². The maximum atomic E-state index is 13.7. The maximum Gasteiger partial charge on any atom is 0.339 e. The molecule has 1 fully saturated rings. The molecule has 2 aromatic carbocycles. The number of likely N-dealkylation sites (N-methyl/N-ethyl adjacent to an activating group) is 1. The summed E-state index contributed by atoms with van der Waals surface area (Å²) < 4.78 is 45.9. The molecule has 1 heterocycles. The monoisotopic (exact) mass is 491 g/mol. The largest absolute Gasteiger partial charge is 0.465 e. The van der Waals surface area contributed by atoms with Crippen molar-refractivity contribution in [3.8, 4) is 0 Å². The molecule has 0 bridgehead atoms. The Kier molecular flexibility index (Phi) is 7.68. The third-order valence-corrected chi connectivity index (χ3v) is 7.84. The number of ether oxygens (including phenoxy) is 1. The summed E-state index contributed by atoms with van der Waals surface area (Å²) in [5, 5.41) is 0. The fourth-order valence-corrected chi connectivity index (χ4v) is 5.77. The molecule has 3 rings (SSSR count). The molecule has 34 heavy (non-hydrogen) atoms. The van der Waals surface area contributed by atoms with E-state index < -0.39 is 39.7 Å². The number of esters is 1. The van der Waals surface area contributed by atoms with Crippen molar-refractivity contribution in [1.82, 2.24) is 9.21 Å². The van der Waals surface area contributed by atoms with Gasteiger partial charge in [-0.1, -0.05) is 24.3 Å². The number of nitrogens with zero attached hydrogens (tertiary/aromatic N) is 2. The first-order valence-corrected chi connectivity index (χ1v) is 12.0. The Balaban J connectivity index is 1.75. The van der Waals surface area contributed by atoms with Gasteiger partial charge in [0.25, 0.3) is 0 Å². The number of nitrogens with two attached hydrogens (primary N) is 1. The number of hydrogen-bond acceptors (Lipinski definition) is 6. The lowest BCUT2D eigenvalue weighted by Crippen LogP contribution is -2.46. The molecule has 2 amide bonds. The lowest BCUT2D eigenvalue weighted by atomic mass is 9.95. The van der Waals surface area contributed by atoms with E-state index in [1.54, 1.807) is 6.07 Å². The SMILES string of the molecule is COC(=O)c1ccccc1S(=O)(=O)N1CCC(C(=O)N(C)C(C(N)=O)c2cccc(F)c2)CC1. The number of hydrogen-bond donors (Lipinski definition) is 1. The Morgan fingerprint density at radius 1 is 1.12 bits per heavy atom. The average molecular weight is 492 g/mol. The van der Waals surface area contributed by atoms with Gasteiger partial charge in [-0.2, -0.15) is 4.31 Å². The van der Waals surface area contributed by atoms with E-state index in [2.05, 4.69) is 4.74 Å². The second kappa shape index (κ2) is 10.3. The number of carbonyl (C=O) groups is 3. The van der Waals surface area contributed by atoms with Crippen LogP contribution in [0.1, 0.15) is 34.8 Å². The standard InChI is InChI=1S/C23H26FN3O6S/c1-26(20(21(25)28)16-6-5-7-17(24)14-16)22(29)15-10-12-27(13-11-15)34(31,32)19-9-4-3-8-18(19)23(30)33-2/h3-9,14-15,20H,10-13H2,1-2H3,(H2,25,28). The van der Waals surface area contributed by atoms with Crippen LogP contribution in [0.5, 0.6) is 0 Å². The summed E-state index contributed by atoms with van der Waals surface area (Å²) in [4.78, 5) is 38.2. The number of carbonyl (C=O) groups excluding carboxylic acids is 3. The third kappa shape index (κ3) is 5.10. The number of methoxy groups -OCH3 is 1. The van der Waals surface area contributed by atoms with Gasteiger partial charge in [-0.25, -0.2) is 17.6 Å². The molecule has 0 spiro atoms. The summed E-state index contributed by atoms with van der Waals surface area (Å²) >= 11 is 0. The molecule has 0 aliphatic carbocycles. The van der Waals surface area contributed by atoms with E-state index in [1.807, 2.05) is 0 Å². The minimum Gasteiger partial charge on any atom is -0.465 e. The quantitative estimate of drug-likeness (QED) is 0.588. The fourth-order valence-electron chi connectivity index (χ4n) is 4.12. The van der Waals surface area contributed by atoms with Crippen molar-refractivity contribution in [2.24, 2.45) is 11.7 Å². The molecule has 0 saturated carbocycles. The van der Waals surface area contributed by atoms with Gasteiger partial charge >= 0.3 is 5.97 Å². The van der Waals surface area contributed by atoms with E-state index >= 15 is 0 Å². The number of amides is 2. The van der Waals surface area contributed by atoms with Crippen molar-refractivity contribution >= 4 is 27.8 Å². The van der Waals surface area contributed by atoms with Crippen molar-refractivity contribution < 1.29 is 31.9 Å². The van der Waals surface area contributed by atoms with Gasteiger partial charge in [0.05, 0.1) is 17.6 Å². The minimum absolute atomic E-state index is 0.0449.